The Morgan fingerprint density at radius 2 is 2.00 bits per heavy atom. The molecule has 0 saturated heterocycles. The van der Waals surface area contributed by atoms with E-state index >= 15 is 0 Å². The zero-order valence-corrected chi connectivity index (χ0v) is 12.5. The number of hydrogen-bond donors (Lipinski definition) is 3. The fraction of sp³-hybridized carbons (Fsp3) is 0.333. The van der Waals surface area contributed by atoms with Crippen molar-refractivity contribution in [2.75, 3.05) is 0 Å². The predicted octanol–water partition coefficient (Wildman–Crippen LogP) is 0.0593. The van der Waals surface area contributed by atoms with Crippen molar-refractivity contribution in [3.63, 3.8) is 0 Å². The molecule has 0 bridgehead atoms. The number of carbonyl (C=O) groups is 2. The molecule has 1 aromatic heterocycles. The van der Waals surface area contributed by atoms with Gasteiger partial charge < -0.3 is 15.4 Å². The molecule has 0 radical (unpaired) electrons. The molecule has 0 aliphatic carbocycles. The van der Waals surface area contributed by atoms with Crippen LogP contribution >= 0.6 is 0 Å². The number of amides is 1. The van der Waals surface area contributed by atoms with Crippen LogP contribution in [-0.4, -0.2) is 32.6 Å². The van der Waals surface area contributed by atoms with E-state index in [0.29, 0.717) is 11.9 Å². The minimum Gasteiger partial charge on any atom is -0.480 e. The smallest absolute Gasteiger partial charge is 0.329 e. The Labute approximate surface area is 130 Å². The van der Waals surface area contributed by atoms with E-state index < -0.39 is 35.7 Å². The van der Waals surface area contributed by atoms with E-state index in [4.69, 9.17) is 5.11 Å². The van der Waals surface area contributed by atoms with E-state index in [0.717, 1.165) is 4.57 Å². The molecule has 0 saturated carbocycles. The zero-order valence-electron chi connectivity index (χ0n) is 12.5. The molecule has 23 heavy (non-hydrogen) atoms. The van der Waals surface area contributed by atoms with Crippen LogP contribution in [0, 0.1) is 0 Å². The third-order valence-corrected chi connectivity index (χ3v) is 3.40. The molecule has 122 valence electrons. The SMILES string of the molecule is CCCC(NC(=O)Cn1c(=O)[nH]c2ccccc2c1=O)C(=O)O. The summed E-state index contributed by atoms with van der Waals surface area (Å²) < 4.78 is 0.753. The van der Waals surface area contributed by atoms with Crippen molar-refractivity contribution in [3.05, 3.63) is 45.1 Å². The largest absolute Gasteiger partial charge is 0.480 e. The summed E-state index contributed by atoms with van der Waals surface area (Å²) in [6.45, 7) is 1.26. The second-order valence-corrected chi connectivity index (χ2v) is 5.11. The molecule has 1 heterocycles. The molecule has 1 unspecified atom stereocenters. The van der Waals surface area contributed by atoms with Crippen molar-refractivity contribution < 1.29 is 14.7 Å². The molecule has 3 N–H and O–H groups in total. The van der Waals surface area contributed by atoms with E-state index in [2.05, 4.69) is 10.3 Å². The normalized spacial score (nSPS) is 12.0. The van der Waals surface area contributed by atoms with Crippen LogP contribution in [-0.2, 0) is 16.1 Å². The molecule has 2 aromatic rings. The molecule has 8 heteroatoms. The molecule has 1 amide bonds. The number of nitrogens with one attached hydrogen (secondary N) is 2. The number of rotatable bonds is 6. The lowest BCUT2D eigenvalue weighted by molar-refractivity contribution is -0.142. The van der Waals surface area contributed by atoms with Gasteiger partial charge in [0.25, 0.3) is 5.56 Å². The first-order valence-electron chi connectivity index (χ1n) is 7.18. The number of aliphatic carboxylic acids is 1. The third-order valence-electron chi connectivity index (χ3n) is 3.40. The van der Waals surface area contributed by atoms with Gasteiger partial charge in [0.15, 0.2) is 0 Å². The van der Waals surface area contributed by atoms with Crippen molar-refractivity contribution in [1.82, 2.24) is 14.9 Å². The van der Waals surface area contributed by atoms with Gasteiger partial charge in [-0.3, -0.25) is 14.2 Å². The molecule has 1 aromatic carbocycles. The second-order valence-electron chi connectivity index (χ2n) is 5.11. The number of carboxylic acid groups (broad SMARTS) is 1. The highest BCUT2D eigenvalue weighted by Crippen LogP contribution is 2.03. The summed E-state index contributed by atoms with van der Waals surface area (Å²) in [5, 5.41) is 11.6. The molecule has 8 nitrogen and oxygen atoms in total. The van der Waals surface area contributed by atoms with Gasteiger partial charge in [-0.05, 0) is 18.6 Å². The molecule has 0 aliphatic rings. The summed E-state index contributed by atoms with van der Waals surface area (Å²) in [5.41, 5.74) is -0.929. The molecule has 0 aliphatic heterocycles. The van der Waals surface area contributed by atoms with Crippen LogP contribution in [0.15, 0.2) is 33.9 Å². The number of carboxylic acids is 1. The Balaban J connectivity index is 2.28. The van der Waals surface area contributed by atoms with E-state index in [1.165, 1.54) is 0 Å². The maximum Gasteiger partial charge on any atom is 0.329 e. The zero-order chi connectivity index (χ0) is 17.0. The standard InChI is InChI=1S/C15H17N3O5/c1-2-5-11(14(21)22)16-12(19)8-18-13(20)9-6-3-4-7-10(9)17-15(18)23/h3-4,6-7,11H,2,5,8H2,1H3,(H,16,19)(H,17,23)(H,21,22). The van der Waals surface area contributed by atoms with Gasteiger partial charge in [-0.1, -0.05) is 25.5 Å². The van der Waals surface area contributed by atoms with Gasteiger partial charge in [0.2, 0.25) is 5.91 Å². The number of carbonyl (C=O) groups excluding carboxylic acids is 1. The first-order valence-corrected chi connectivity index (χ1v) is 7.18. The lowest BCUT2D eigenvalue weighted by Gasteiger charge is -2.14. The lowest BCUT2D eigenvalue weighted by atomic mass is 10.1. The van der Waals surface area contributed by atoms with Crippen LogP contribution < -0.4 is 16.6 Å². The van der Waals surface area contributed by atoms with E-state index in [1.54, 1.807) is 31.2 Å². The van der Waals surface area contributed by atoms with Crippen LogP contribution in [0.4, 0.5) is 0 Å². The minimum atomic E-state index is -1.15. The second kappa shape index (κ2) is 6.91. The Bertz CT molecular complexity index is 852. The summed E-state index contributed by atoms with van der Waals surface area (Å²) in [7, 11) is 0. The van der Waals surface area contributed by atoms with Crippen molar-refractivity contribution in [3.8, 4) is 0 Å². The Kier molecular flexibility index (Phi) is 4.95. The highest BCUT2D eigenvalue weighted by molar-refractivity contribution is 5.83. The van der Waals surface area contributed by atoms with Gasteiger partial charge in [0.05, 0.1) is 10.9 Å². The van der Waals surface area contributed by atoms with Gasteiger partial charge in [0.1, 0.15) is 12.6 Å². The fourth-order valence-electron chi connectivity index (χ4n) is 2.27. The number of fused-ring (bicyclic) bond motifs is 1. The van der Waals surface area contributed by atoms with E-state index in [9.17, 15) is 19.2 Å². The van der Waals surface area contributed by atoms with Crippen molar-refractivity contribution >= 4 is 22.8 Å². The maximum atomic E-state index is 12.3. The minimum absolute atomic E-state index is 0.268. The highest BCUT2D eigenvalue weighted by Gasteiger charge is 2.20. The van der Waals surface area contributed by atoms with Gasteiger partial charge >= 0.3 is 11.7 Å². The topological polar surface area (TPSA) is 121 Å². The Morgan fingerprint density at radius 1 is 1.30 bits per heavy atom. The summed E-state index contributed by atoms with van der Waals surface area (Å²) in [5.74, 6) is -1.85. The fourth-order valence-corrected chi connectivity index (χ4v) is 2.27. The van der Waals surface area contributed by atoms with Crippen LogP contribution in [0.2, 0.25) is 0 Å². The van der Waals surface area contributed by atoms with Crippen LogP contribution in [0.3, 0.4) is 0 Å². The van der Waals surface area contributed by atoms with Crippen LogP contribution in [0.5, 0.6) is 0 Å². The molecule has 2 rings (SSSR count). The summed E-state index contributed by atoms with van der Waals surface area (Å²) in [4.78, 5) is 49.7. The maximum absolute atomic E-state index is 12.3. The molecular weight excluding hydrogens is 302 g/mol. The molecule has 1 atom stereocenters. The summed E-state index contributed by atoms with van der Waals surface area (Å²) in [6.07, 6.45) is 0.845. The molecular formula is C15H17N3O5. The van der Waals surface area contributed by atoms with Gasteiger partial charge in [-0.25, -0.2) is 9.59 Å². The van der Waals surface area contributed by atoms with Gasteiger partial charge in [-0.2, -0.15) is 0 Å². The van der Waals surface area contributed by atoms with Gasteiger partial charge in [0, 0.05) is 0 Å². The van der Waals surface area contributed by atoms with Crippen LogP contribution in [0.25, 0.3) is 10.9 Å². The predicted molar refractivity (Wildman–Crippen MR) is 83.3 cm³/mol. The lowest BCUT2D eigenvalue weighted by Crippen LogP contribution is -2.46. The van der Waals surface area contributed by atoms with Crippen LogP contribution in [0.1, 0.15) is 19.8 Å². The van der Waals surface area contributed by atoms with Gasteiger partial charge in [-0.15, -0.1) is 0 Å². The number of aromatic amines is 1. The van der Waals surface area contributed by atoms with E-state index in [-0.39, 0.29) is 11.8 Å². The Morgan fingerprint density at radius 3 is 2.65 bits per heavy atom. The average Bonchev–Trinajstić information content (AvgIpc) is 2.51. The van der Waals surface area contributed by atoms with E-state index in [1.807, 2.05) is 0 Å². The number of nitrogens with zero attached hydrogens (tertiary/aromatic N) is 1. The molecule has 0 fully saturated rings. The van der Waals surface area contributed by atoms with Crippen molar-refractivity contribution in [2.45, 2.75) is 32.4 Å². The quantitative estimate of drug-likeness (QED) is 0.695. The average molecular weight is 319 g/mol. The monoisotopic (exact) mass is 319 g/mol. The first kappa shape index (κ1) is 16.5. The Hall–Kier alpha value is -2.90. The summed E-state index contributed by atoms with van der Waals surface area (Å²) in [6, 6.07) is 5.41. The van der Waals surface area contributed by atoms with Crippen molar-refractivity contribution in [1.29, 1.82) is 0 Å². The number of aromatic nitrogens is 2. The first-order chi connectivity index (χ1) is 10.9. The number of hydrogen-bond acceptors (Lipinski definition) is 4. The van der Waals surface area contributed by atoms with Crippen molar-refractivity contribution in [2.24, 2.45) is 0 Å². The highest BCUT2D eigenvalue weighted by atomic mass is 16.4. The number of H-pyrrole nitrogens is 1. The number of benzene rings is 1. The molecule has 0 spiro atoms. The number of para-hydroxylation sites is 1. The third kappa shape index (κ3) is 3.65. The summed E-state index contributed by atoms with van der Waals surface area (Å²) >= 11 is 0.